The van der Waals surface area contributed by atoms with Crippen molar-refractivity contribution < 1.29 is 0 Å². The highest BCUT2D eigenvalue weighted by Gasteiger charge is 1.98. The summed E-state index contributed by atoms with van der Waals surface area (Å²) in [4.78, 5) is 8.68. The maximum Gasteiger partial charge on any atom is 0.131 e. The highest BCUT2D eigenvalue weighted by Crippen LogP contribution is 2.03. The van der Waals surface area contributed by atoms with Crippen LogP contribution in [0.4, 0.5) is 5.82 Å². The first kappa shape index (κ1) is 12.9. The van der Waals surface area contributed by atoms with Gasteiger partial charge in [-0.3, -0.25) is 0 Å². The molecule has 1 heterocycles. The van der Waals surface area contributed by atoms with E-state index < -0.39 is 0 Å². The lowest BCUT2D eigenvalue weighted by Gasteiger charge is -2.06. The van der Waals surface area contributed by atoms with Gasteiger partial charge in [0.1, 0.15) is 11.6 Å². The molecule has 0 aliphatic heterocycles. The molecule has 1 aromatic rings. The van der Waals surface area contributed by atoms with Crippen LogP contribution in [-0.2, 0) is 6.42 Å². The third-order valence-corrected chi connectivity index (χ3v) is 2.39. The van der Waals surface area contributed by atoms with E-state index in [9.17, 15) is 0 Å². The molecule has 4 nitrogen and oxygen atoms in total. The Morgan fingerprint density at radius 1 is 1.25 bits per heavy atom. The second-order valence-corrected chi connectivity index (χ2v) is 3.85. The number of unbranched alkanes of at least 4 members (excludes halogenated alkanes) is 2. The topological polar surface area (TPSA) is 49.8 Å². The van der Waals surface area contributed by atoms with E-state index in [2.05, 4.69) is 27.5 Å². The van der Waals surface area contributed by atoms with Gasteiger partial charge in [-0.05, 0) is 19.5 Å². The molecule has 16 heavy (non-hydrogen) atoms. The Hall–Kier alpha value is -1.16. The molecule has 90 valence electrons. The van der Waals surface area contributed by atoms with E-state index in [4.69, 9.17) is 0 Å². The van der Waals surface area contributed by atoms with Gasteiger partial charge in [-0.2, -0.15) is 0 Å². The summed E-state index contributed by atoms with van der Waals surface area (Å²) in [6.45, 7) is 4.12. The number of hydrogen-bond donors (Lipinski definition) is 2. The van der Waals surface area contributed by atoms with Crippen LogP contribution in [0.25, 0.3) is 0 Å². The van der Waals surface area contributed by atoms with Gasteiger partial charge in [0.2, 0.25) is 0 Å². The molecule has 4 heteroatoms. The summed E-state index contributed by atoms with van der Waals surface area (Å²) >= 11 is 0. The average Bonchev–Trinajstić information content (AvgIpc) is 2.33. The van der Waals surface area contributed by atoms with Crippen LogP contribution in [0, 0.1) is 0 Å². The van der Waals surface area contributed by atoms with Crippen LogP contribution >= 0.6 is 0 Å². The van der Waals surface area contributed by atoms with Crippen molar-refractivity contribution in [3.63, 3.8) is 0 Å². The fourth-order valence-electron chi connectivity index (χ4n) is 1.45. The zero-order chi connectivity index (χ0) is 11.6. The van der Waals surface area contributed by atoms with Gasteiger partial charge in [-0.15, -0.1) is 0 Å². The number of anilines is 1. The van der Waals surface area contributed by atoms with Crippen LogP contribution in [-0.4, -0.2) is 30.1 Å². The van der Waals surface area contributed by atoms with Crippen molar-refractivity contribution in [2.45, 2.75) is 32.6 Å². The fraction of sp³-hybridized carbons (Fsp3) is 0.667. The molecule has 0 atom stereocenters. The van der Waals surface area contributed by atoms with Gasteiger partial charge in [0, 0.05) is 25.7 Å². The van der Waals surface area contributed by atoms with E-state index in [1.54, 1.807) is 0 Å². The number of nitrogens with zero attached hydrogens (tertiary/aromatic N) is 2. The van der Waals surface area contributed by atoms with Crippen LogP contribution in [0.3, 0.4) is 0 Å². The second kappa shape index (κ2) is 8.05. The first-order valence-electron chi connectivity index (χ1n) is 6.07. The van der Waals surface area contributed by atoms with E-state index in [1.807, 2.05) is 19.3 Å². The zero-order valence-corrected chi connectivity index (χ0v) is 10.3. The van der Waals surface area contributed by atoms with Crippen LogP contribution < -0.4 is 10.6 Å². The summed E-state index contributed by atoms with van der Waals surface area (Å²) < 4.78 is 0. The first-order chi connectivity index (χ1) is 7.86. The van der Waals surface area contributed by atoms with Crippen LogP contribution in [0.15, 0.2) is 12.3 Å². The van der Waals surface area contributed by atoms with Gasteiger partial charge in [0.25, 0.3) is 0 Å². The SMILES string of the molecule is CCCCCNc1ccnc(CCNC)n1. The smallest absolute Gasteiger partial charge is 0.131 e. The highest BCUT2D eigenvalue weighted by atomic mass is 15.0. The summed E-state index contributed by atoms with van der Waals surface area (Å²) in [6, 6.07) is 1.93. The van der Waals surface area contributed by atoms with Gasteiger partial charge in [0.15, 0.2) is 0 Å². The Balaban J connectivity index is 2.35. The van der Waals surface area contributed by atoms with E-state index >= 15 is 0 Å². The Kier molecular flexibility index (Phi) is 6.49. The molecule has 0 bridgehead atoms. The summed E-state index contributed by atoms with van der Waals surface area (Å²) in [5.74, 6) is 1.84. The average molecular weight is 222 g/mol. The summed E-state index contributed by atoms with van der Waals surface area (Å²) in [6.07, 6.45) is 6.41. The third kappa shape index (κ3) is 5.07. The quantitative estimate of drug-likeness (QED) is 0.659. The Morgan fingerprint density at radius 3 is 2.88 bits per heavy atom. The minimum absolute atomic E-state index is 0.876. The molecule has 0 radical (unpaired) electrons. The minimum Gasteiger partial charge on any atom is -0.370 e. The van der Waals surface area contributed by atoms with Gasteiger partial charge >= 0.3 is 0 Å². The third-order valence-electron chi connectivity index (χ3n) is 2.39. The normalized spacial score (nSPS) is 10.4. The molecule has 0 unspecified atom stereocenters. The van der Waals surface area contributed by atoms with E-state index in [1.165, 1.54) is 19.3 Å². The lowest BCUT2D eigenvalue weighted by atomic mass is 10.2. The van der Waals surface area contributed by atoms with E-state index in [0.29, 0.717) is 0 Å². The predicted octanol–water partition coefficient (Wildman–Crippen LogP) is 1.84. The monoisotopic (exact) mass is 222 g/mol. The van der Waals surface area contributed by atoms with Crippen LogP contribution in [0.5, 0.6) is 0 Å². The van der Waals surface area contributed by atoms with Gasteiger partial charge < -0.3 is 10.6 Å². The lowest BCUT2D eigenvalue weighted by molar-refractivity contribution is 0.736. The number of nitrogens with one attached hydrogen (secondary N) is 2. The number of hydrogen-bond acceptors (Lipinski definition) is 4. The number of rotatable bonds is 8. The molecule has 0 aromatic carbocycles. The summed E-state index contributed by atoms with van der Waals surface area (Å²) in [5.41, 5.74) is 0. The Morgan fingerprint density at radius 2 is 2.12 bits per heavy atom. The zero-order valence-electron chi connectivity index (χ0n) is 10.3. The maximum absolute atomic E-state index is 4.45. The van der Waals surface area contributed by atoms with Crippen molar-refractivity contribution >= 4 is 5.82 Å². The molecule has 0 aliphatic carbocycles. The molecular formula is C12H22N4. The van der Waals surface area contributed by atoms with Gasteiger partial charge in [-0.25, -0.2) is 9.97 Å². The van der Waals surface area contributed by atoms with Crippen molar-refractivity contribution in [2.75, 3.05) is 25.5 Å². The first-order valence-corrected chi connectivity index (χ1v) is 6.07. The Labute approximate surface area is 97.9 Å². The van der Waals surface area contributed by atoms with Crippen molar-refractivity contribution in [1.82, 2.24) is 15.3 Å². The van der Waals surface area contributed by atoms with Crippen LogP contribution in [0.1, 0.15) is 32.0 Å². The van der Waals surface area contributed by atoms with Crippen molar-refractivity contribution in [3.8, 4) is 0 Å². The molecule has 0 spiro atoms. The van der Waals surface area contributed by atoms with Gasteiger partial charge in [0.05, 0.1) is 0 Å². The lowest BCUT2D eigenvalue weighted by Crippen LogP contribution is -2.13. The predicted molar refractivity (Wildman–Crippen MR) is 67.7 cm³/mol. The van der Waals surface area contributed by atoms with Crippen molar-refractivity contribution in [3.05, 3.63) is 18.1 Å². The molecular weight excluding hydrogens is 200 g/mol. The molecule has 0 aliphatic rings. The van der Waals surface area contributed by atoms with E-state index in [-0.39, 0.29) is 0 Å². The largest absolute Gasteiger partial charge is 0.370 e. The highest BCUT2D eigenvalue weighted by molar-refractivity contribution is 5.32. The number of likely N-dealkylation sites (N-methyl/N-ethyl adjacent to an activating group) is 1. The maximum atomic E-state index is 4.45. The fourth-order valence-corrected chi connectivity index (χ4v) is 1.45. The molecule has 1 rings (SSSR count). The number of aromatic nitrogens is 2. The summed E-state index contributed by atoms with van der Waals surface area (Å²) in [7, 11) is 1.94. The Bertz CT molecular complexity index is 288. The second-order valence-electron chi connectivity index (χ2n) is 3.85. The minimum atomic E-state index is 0.876. The van der Waals surface area contributed by atoms with Crippen molar-refractivity contribution in [1.29, 1.82) is 0 Å². The molecule has 1 aromatic heterocycles. The van der Waals surface area contributed by atoms with Crippen molar-refractivity contribution in [2.24, 2.45) is 0 Å². The molecule has 2 N–H and O–H groups in total. The summed E-state index contributed by atoms with van der Waals surface area (Å²) in [5, 5.41) is 6.42. The van der Waals surface area contributed by atoms with E-state index in [0.717, 1.165) is 31.2 Å². The van der Waals surface area contributed by atoms with Crippen LogP contribution in [0.2, 0.25) is 0 Å². The molecule has 0 saturated carbocycles. The molecule has 0 amide bonds. The standard InChI is InChI=1S/C12H22N4/c1-3-4-5-8-14-12-7-10-15-11(16-12)6-9-13-2/h7,10,13H,3-6,8-9H2,1-2H3,(H,14,15,16). The molecule has 0 fully saturated rings. The molecule has 0 saturated heterocycles. The van der Waals surface area contributed by atoms with Gasteiger partial charge in [-0.1, -0.05) is 19.8 Å².